The van der Waals surface area contributed by atoms with E-state index in [1.807, 2.05) is 4.57 Å². The molecule has 0 bridgehead atoms. The minimum atomic E-state index is -1.07. The summed E-state index contributed by atoms with van der Waals surface area (Å²) in [6.07, 6.45) is 5.66. The van der Waals surface area contributed by atoms with Gasteiger partial charge in [0.25, 0.3) is 0 Å². The van der Waals surface area contributed by atoms with Crippen LogP contribution in [0.5, 0.6) is 0 Å². The van der Waals surface area contributed by atoms with Gasteiger partial charge in [-0.15, -0.1) is 0 Å². The lowest BCUT2D eigenvalue weighted by Crippen LogP contribution is -2.36. The molecule has 2 aromatic heterocycles. The lowest BCUT2D eigenvalue weighted by atomic mass is 9.84. The van der Waals surface area contributed by atoms with Crippen LogP contribution in [0.2, 0.25) is 0 Å². The number of fused-ring (bicyclic) bond motifs is 1. The van der Waals surface area contributed by atoms with E-state index >= 15 is 0 Å². The van der Waals surface area contributed by atoms with Crippen LogP contribution in [0.1, 0.15) is 51.5 Å². The first-order valence-corrected chi connectivity index (χ1v) is 12.6. The molecule has 12 heteroatoms. The molecule has 2 atom stereocenters. The van der Waals surface area contributed by atoms with E-state index in [2.05, 4.69) is 27.5 Å². The van der Waals surface area contributed by atoms with Crippen molar-refractivity contribution in [3.63, 3.8) is 0 Å². The number of carbonyl (C=O) groups is 1. The number of ether oxygens (including phenoxy) is 1. The van der Waals surface area contributed by atoms with Gasteiger partial charge in [-0.05, 0) is 43.9 Å². The second-order valence-corrected chi connectivity index (χ2v) is 10.0. The third-order valence-corrected chi connectivity index (χ3v) is 7.30. The van der Waals surface area contributed by atoms with Crippen molar-refractivity contribution in [3.8, 4) is 0 Å². The summed E-state index contributed by atoms with van der Waals surface area (Å²) >= 11 is 0. The smallest absolute Gasteiger partial charge is 0.224 e. The molecule has 37 heavy (non-hydrogen) atoms. The summed E-state index contributed by atoms with van der Waals surface area (Å²) in [4.78, 5) is 25.1. The summed E-state index contributed by atoms with van der Waals surface area (Å²) in [6.45, 7) is 3.40. The van der Waals surface area contributed by atoms with Crippen LogP contribution in [-0.4, -0.2) is 44.7 Å². The first-order valence-electron chi connectivity index (χ1n) is 12.6. The second kappa shape index (κ2) is 10.5. The molecule has 9 nitrogen and oxygen atoms in total. The van der Waals surface area contributed by atoms with Gasteiger partial charge in [-0.3, -0.25) is 9.36 Å². The van der Waals surface area contributed by atoms with Crippen molar-refractivity contribution in [2.24, 2.45) is 17.6 Å². The number of hydrogen-bond acceptors (Lipinski definition) is 7. The zero-order chi connectivity index (χ0) is 26.1. The number of amides is 1. The Balaban J connectivity index is 1.50. The molecule has 1 saturated carbocycles. The van der Waals surface area contributed by atoms with Crippen molar-refractivity contribution in [1.29, 1.82) is 0 Å². The van der Waals surface area contributed by atoms with Crippen LogP contribution in [0.3, 0.4) is 0 Å². The molecule has 1 saturated heterocycles. The highest BCUT2D eigenvalue weighted by atomic mass is 19.1. The van der Waals surface area contributed by atoms with Gasteiger partial charge in [0.05, 0.1) is 12.8 Å². The fraction of sp³-hybridized carbons (Fsp3) is 0.520. The summed E-state index contributed by atoms with van der Waals surface area (Å²) in [5.74, 6) is -2.39. The van der Waals surface area contributed by atoms with E-state index in [9.17, 15) is 18.0 Å². The van der Waals surface area contributed by atoms with E-state index in [0.29, 0.717) is 61.7 Å². The van der Waals surface area contributed by atoms with Crippen LogP contribution in [0, 0.1) is 29.3 Å². The minimum absolute atomic E-state index is 0.0899. The quantitative estimate of drug-likeness (QED) is 0.424. The lowest BCUT2D eigenvalue weighted by molar-refractivity contribution is -0.119. The van der Waals surface area contributed by atoms with Crippen molar-refractivity contribution >= 4 is 34.7 Å². The van der Waals surface area contributed by atoms with Gasteiger partial charge in [0.15, 0.2) is 17.3 Å². The van der Waals surface area contributed by atoms with E-state index < -0.39 is 23.1 Å². The summed E-state index contributed by atoms with van der Waals surface area (Å²) in [5.41, 5.74) is 5.86. The van der Waals surface area contributed by atoms with Gasteiger partial charge in [-0.1, -0.05) is 6.92 Å². The Hall–Kier alpha value is -3.41. The lowest BCUT2D eigenvalue weighted by Gasteiger charge is -2.30. The number of aromatic nitrogens is 4. The molecule has 5 rings (SSSR count). The van der Waals surface area contributed by atoms with Crippen LogP contribution in [0.4, 0.5) is 30.8 Å². The first-order chi connectivity index (χ1) is 17.8. The normalized spacial score (nSPS) is 24.2. The van der Waals surface area contributed by atoms with Crippen LogP contribution in [-0.2, 0) is 9.53 Å². The number of imidazole rings is 1. The molecule has 2 fully saturated rings. The van der Waals surface area contributed by atoms with Gasteiger partial charge in [0.2, 0.25) is 17.8 Å². The number of nitrogens with one attached hydrogen (secondary N) is 2. The van der Waals surface area contributed by atoms with Crippen LogP contribution >= 0.6 is 0 Å². The van der Waals surface area contributed by atoms with Crippen molar-refractivity contribution in [1.82, 2.24) is 19.5 Å². The SMILES string of the molecule is C[C@H]1COCC[C@@H]1Nc1ncc2nc(Nc3c(F)cc(F)cc3F)n([C@H]3CC[C@@H](CC(N)=O)CC3)c2n1. The van der Waals surface area contributed by atoms with Crippen LogP contribution < -0.4 is 16.4 Å². The molecule has 0 spiro atoms. The Kier molecular flexibility index (Phi) is 7.18. The molecule has 4 N–H and O–H groups in total. The highest BCUT2D eigenvalue weighted by molar-refractivity contribution is 5.77. The van der Waals surface area contributed by atoms with Crippen LogP contribution in [0.15, 0.2) is 18.3 Å². The molecular formula is C25H30F3N7O2. The number of anilines is 3. The maximum absolute atomic E-state index is 14.5. The molecule has 0 radical (unpaired) electrons. The van der Waals surface area contributed by atoms with Gasteiger partial charge in [0, 0.05) is 37.2 Å². The number of carbonyl (C=O) groups excluding carboxylic acids is 1. The molecular weight excluding hydrogens is 487 g/mol. The van der Waals surface area contributed by atoms with Gasteiger partial charge < -0.3 is 21.1 Å². The van der Waals surface area contributed by atoms with Crippen LogP contribution in [0.25, 0.3) is 11.2 Å². The molecule has 1 amide bonds. The number of rotatable bonds is 7. The fourth-order valence-electron chi connectivity index (χ4n) is 5.32. The Labute approximate surface area is 212 Å². The van der Waals surface area contributed by atoms with Gasteiger partial charge >= 0.3 is 0 Å². The largest absolute Gasteiger partial charge is 0.381 e. The van der Waals surface area contributed by atoms with Crippen molar-refractivity contribution in [3.05, 3.63) is 35.8 Å². The Morgan fingerprint density at radius 3 is 2.54 bits per heavy atom. The third-order valence-electron chi connectivity index (χ3n) is 7.30. The summed E-state index contributed by atoms with van der Waals surface area (Å²) in [6, 6.07) is 1.29. The number of nitrogens with zero attached hydrogens (tertiary/aromatic N) is 4. The standard InChI is InChI=1S/C25H30F3N7O2/c1-13-12-37-7-6-19(13)31-24-30-11-20-23(34-24)35(16-4-2-14(3-5-16)8-21(29)36)25(32-20)33-22-17(27)9-15(26)10-18(22)28/h9-11,13-14,16,19H,2-8,12H2,1H3,(H2,29,36)(H,32,33)(H,30,31,34)/t13-,14-,16+,19-/m0/s1. The molecule has 1 aliphatic carbocycles. The van der Waals surface area contributed by atoms with E-state index in [1.54, 1.807) is 6.20 Å². The summed E-state index contributed by atoms with van der Waals surface area (Å²) in [7, 11) is 0. The highest BCUT2D eigenvalue weighted by Crippen LogP contribution is 2.38. The van der Waals surface area contributed by atoms with Crippen molar-refractivity contribution in [2.45, 2.75) is 57.5 Å². The van der Waals surface area contributed by atoms with E-state index in [-0.39, 0.29) is 35.8 Å². The molecule has 198 valence electrons. The summed E-state index contributed by atoms with van der Waals surface area (Å²) in [5, 5.41) is 6.12. The Morgan fingerprint density at radius 2 is 1.86 bits per heavy atom. The van der Waals surface area contributed by atoms with Crippen molar-refractivity contribution in [2.75, 3.05) is 23.8 Å². The fourth-order valence-corrected chi connectivity index (χ4v) is 5.32. The maximum Gasteiger partial charge on any atom is 0.224 e. The first kappa shape index (κ1) is 25.2. The average molecular weight is 518 g/mol. The summed E-state index contributed by atoms with van der Waals surface area (Å²) < 4.78 is 49.8. The molecule has 0 unspecified atom stereocenters. The number of hydrogen-bond donors (Lipinski definition) is 3. The number of primary amides is 1. The zero-order valence-electron chi connectivity index (χ0n) is 20.5. The Bertz CT molecular complexity index is 1270. The molecule has 3 heterocycles. The molecule has 2 aliphatic rings. The van der Waals surface area contributed by atoms with Gasteiger partial charge in [-0.2, -0.15) is 4.98 Å². The van der Waals surface area contributed by atoms with E-state index in [0.717, 1.165) is 19.3 Å². The Morgan fingerprint density at radius 1 is 1.14 bits per heavy atom. The monoisotopic (exact) mass is 517 g/mol. The van der Waals surface area contributed by atoms with Crippen molar-refractivity contribution < 1.29 is 22.7 Å². The number of nitrogens with two attached hydrogens (primary N) is 1. The number of halogens is 3. The molecule has 1 aliphatic heterocycles. The minimum Gasteiger partial charge on any atom is -0.381 e. The highest BCUT2D eigenvalue weighted by Gasteiger charge is 2.29. The van der Waals surface area contributed by atoms with E-state index in [1.165, 1.54) is 0 Å². The molecule has 3 aromatic rings. The van der Waals surface area contributed by atoms with Gasteiger partial charge in [-0.25, -0.2) is 23.1 Å². The predicted octanol–water partition coefficient (Wildman–Crippen LogP) is 4.43. The van der Waals surface area contributed by atoms with E-state index in [4.69, 9.17) is 15.5 Å². The second-order valence-electron chi connectivity index (χ2n) is 10.0. The number of benzene rings is 1. The van der Waals surface area contributed by atoms with Gasteiger partial charge in [0.1, 0.15) is 17.0 Å². The molecule has 1 aromatic carbocycles. The topological polar surface area (TPSA) is 120 Å². The maximum atomic E-state index is 14.5. The third kappa shape index (κ3) is 5.48. The zero-order valence-corrected chi connectivity index (χ0v) is 20.5. The predicted molar refractivity (Wildman–Crippen MR) is 132 cm³/mol. The average Bonchev–Trinajstić information content (AvgIpc) is 3.20.